The van der Waals surface area contributed by atoms with Crippen LogP contribution in [0.1, 0.15) is 43.8 Å². The quantitative estimate of drug-likeness (QED) is 0.889. The Morgan fingerprint density at radius 1 is 1.19 bits per heavy atom. The Balaban J connectivity index is 1.62. The third-order valence-corrected chi connectivity index (χ3v) is 5.69. The maximum atomic E-state index is 10.4. The highest BCUT2D eigenvalue weighted by atomic mass is 35.5. The van der Waals surface area contributed by atoms with Gasteiger partial charge in [-0.25, -0.2) is 0 Å². The number of piperidine rings is 1. The molecule has 0 amide bonds. The Kier molecular flexibility index (Phi) is 4.77. The number of halogens is 2. The van der Waals surface area contributed by atoms with Gasteiger partial charge in [0.15, 0.2) is 0 Å². The Hall–Kier alpha value is -0.320. The number of nitrogens with zero attached hydrogens (tertiary/aromatic N) is 1. The number of fused-ring (bicyclic) bond motifs is 2. The normalized spacial score (nSPS) is 30.6. The zero-order valence-electron chi connectivity index (χ0n) is 11.9. The van der Waals surface area contributed by atoms with Crippen LogP contribution in [0, 0.1) is 0 Å². The maximum absolute atomic E-state index is 10.4. The fourth-order valence-corrected chi connectivity index (χ4v) is 4.25. The summed E-state index contributed by atoms with van der Waals surface area (Å²) in [5.74, 6) is 0. The first-order chi connectivity index (χ1) is 10.1. The second kappa shape index (κ2) is 6.43. The minimum Gasteiger partial charge on any atom is -0.393 e. The molecule has 2 aliphatic heterocycles. The van der Waals surface area contributed by atoms with Crippen molar-refractivity contribution in [2.75, 3.05) is 6.54 Å². The van der Waals surface area contributed by atoms with Crippen molar-refractivity contribution in [2.24, 2.45) is 0 Å². The van der Waals surface area contributed by atoms with Gasteiger partial charge in [-0.05, 0) is 38.2 Å². The molecule has 0 radical (unpaired) electrons. The predicted molar refractivity (Wildman–Crippen MR) is 84.8 cm³/mol. The van der Waals surface area contributed by atoms with Crippen molar-refractivity contribution in [3.8, 4) is 0 Å². The largest absolute Gasteiger partial charge is 0.393 e. The van der Waals surface area contributed by atoms with E-state index >= 15 is 0 Å². The first-order valence-electron chi connectivity index (χ1n) is 7.62. The second-order valence-corrected chi connectivity index (χ2v) is 6.98. The average Bonchev–Trinajstić information content (AvgIpc) is 2.69. The van der Waals surface area contributed by atoms with Crippen LogP contribution in [0.3, 0.4) is 0 Å². The molecule has 2 N–H and O–H groups in total. The van der Waals surface area contributed by atoms with Crippen molar-refractivity contribution in [2.45, 2.75) is 56.4 Å². The molecule has 2 aliphatic rings. The fraction of sp³-hybridized carbons (Fsp3) is 0.625. The molecule has 3 unspecified atom stereocenters. The predicted octanol–water partition coefficient (Wildman–Crippen LogP) is 3.40. The Morgan fingerprint density at radius 3 is 2.52 bits per heavy atom. The molecule has 2 heterocycles. The summed E-state index contributed by atoms with van der Waals surface area (Å²) in [5.41, 5.74) is 0.702. The van der Waals surface area contributed by atoms with E-state index in [0.717, 1.165) is 32.2 Å². The van der Waals surface area contributed by atoms with Crippen molar-refractivity contribution < 1.29 is 10.2 Å². The number of hydrogen-bond acceptors (Lipinski definition) is 3. The summed E-state index contributed by atoms with van der Waals surface area (Å²) < 4.78 is 0. The average molecular weight is 330 g/mol. The van der Waals surface area contributed by atoms with Crippen LogP contribution in [0.15, 0.2) is 18.2 Å². The van der Waals surface area contributed by atoms with E-state index in [1.54, 1.807) is 6.07 Å². The molecule has 116 valence electrons. The van der Waals surface area contributed by atoms with Gasteiger partial charge in [-0.15, -0.1) is 0 Å². The minimum atomic E-state index is -0.595. The zero-order chi connectivity index (χ0) is 15.0. The number of aliphatic hydroxyl groups is 2. The van der Waals surface area contributed by atoms with E-state index in [4.69, 9.17) is 23.2 Å². The van der Waals surface area contributed by atoms with Gasteiger partial charge in [0.05, 0.1) is 22.3 Å². The molecule has 2 saturated heterocycles. The highest BCUT2D eigenvalue weighted by molar-refractivity contribution is 6.42. The Morgan fingerprint density at radius 2 is 1.86 bits per heavy atom. The summed E-state index contributed by atoms with van der Waals surface area (Å²) in [6.07, 6.45) is 3.96. The smallest absolute Gasteiger partial charge is 0.0817 e. The van der Waals surface area contributed by atoms with Gasteiger partial charge < -0.3 is 10.2 Å². The summed E-state index contributed by atoms with van der Waals surface area (Å²) >= 11 is 12.2. The molecule has 0 aromatic heterocycles. The first-order valence-corrected chi connectivity index (χ1v) is 8.37. The van der Waals surface area contributed by atoms with E-state index in [1.165, 1.54) is 0 Å². The van der Waals surface area contributed by atoms with Crippen molar-refractivity contribution in [3.05, 3.63) is 33.8 Å². The third kappa shape index (κ3) is 3.22. The van der Waals surface area contributed by atoms with Crippen molar-refractivity contribution in [1.82, 2.24) is 4.90 Å². The second-order valence-electron chi connectivity index (χ2n) is 6.20. The molecule has 5 heteroatoms. The van der Waals surface area contributed by atoms with Crippen LogP contribution in [0.5, 0.6) is 0 Å². The van der Waals surface area contributed by atoms with Gasteiger partial charge in [-0.2, -0.15) is 0 Å². The number of aliphatic hydroxyl groups excluding tert-OH is 2. The summed E-state index contributed by atoms with van der Waals surface area (Å²) in [5, 5.41) is 21.1. The molecule has 3 rings (SSSR count). The summed E-state index contributed by atoms with van der Waals surface area (Å²) in [7, 11) is 0. The highest BCUT2D eigenvalue weighted by Crippen LogP contribution is 2.37. The standard InChI is InChI=1S/C16H21Cl2NO2/c17-14-3-1-2-13(16(14)18)15(21)6-7-19-10-4-5-11(19)9-12(20)8-10/h1-3,10-12,15,20-21H,4-9H2. The van der Waals surface area contributed by atoms with Gasteiger partial charge in [0.25, 0.3) is 0 Å². The molecular weight excluding hydrogens is 309 g/mol. The van der Waals surface area contributed by atoms with Crippen molar-refractivity contribution in [1.29, 1.82) is 0 Å². The van der Waals surface area contributed by atoms with E-state index in [9.17, 15) is 10.2 Å². The van der Waals surface area contributed by atoms with E-state index in [1.807, 2.05) is 12.1 Å². The first kappa shape index (κ1) is 15.6. The Labute approximate surface area is 135 Å². The van der Waals surface area contributed by atoms with Crippen LogP contribution in [-0.2, 0) is 0 Å². The number of hydrogen-bond donors (Lipinski definition) is 2. The molecule has 0 saturated carbocycles. The molecule has 1 aromatic rings. The molecule has 0 aliphatic carbocycles. The van der Waals surface area contributed by atoms with Gasteiger partial charge in [0, 0.05) is 24.2 Å². The number of benzene rings is 1. The third-order valence-electron chi connectivity index (χ3n) is 4.86. The summed E-state index contributed by atoms with van der Waals surface area (Å²) in [4.78, 5) is 2.45. The molecule has 2 fully saturated rings. The van der Waals surface area contributed by atoms with Gasteiger partial charge in [0.2, 0.25) is 0 Å². The SMILES string of the molecule is OC1CC2CCC(C1)N2CCC(O)c1cccc(Cl)c1Cl. The van der Waals surface area contributed by atoms with Crippen LogP contribution in [0.2, 0.25) is 10.0 Å². The number of rotatable bonds is 4. The van der Waals surface area contributed by atoms with Crippen molar-refractivity contribution in [3.63, 3.8) is 0 Å². The lowest BCUT2D eigenvalue weighted by atomic mass is 9.98. The van der Waals surface area contributed by atoms with E-state index < -0.39 is 6.10 Å². The molecule has 2 bridgehead atoms. The highest BCUT2D eigenvalue weighted by Gasteiger charge is 2.39. The van der Waals surface area contributed by atoms with E-state index in [0.29, 0.717) is 34.1 Å². The van der Waals surface area contributed by atoms with Gasteiger partial charge in [-0.1, -0.05) is 35.3 Å². The molecule has 21 heavy (non-hydrogen) atoms. The van der Waals surface area contributed by atoms with E-state index in [2.05, 4.69) is 4.90 Å². The van der Waals surface area contributed by atoms with Gasteiger partial charge >= 0.3 is 0 Å². The van der Waals surface area contributed by atoms with Crippen LogP contribution in [0.25, 0.3) is 0 Å². The lowest BCUT2D eigenvalue weighted by Crippen LogP contribution is -2.45. The van der Waals surface area contributed by atoms with Gasteiger partial charge in [0.1, 0.15) is 0 Å². The van der Waals surface area contributed by atoms with Crippen LogP contribution < -0.4 is 0 Å². The van der Waals surface area contributed by atoms with Crippen LogP contribution in [0.4, 0.5) is 0 Å². The summed E-state index contributed by atoms with van der Waals surface area (Å²) in [6.45, 7) is 0.839. The van der Waals surface area contributed by atoms with Gasteiger partial charge in [-0.3, -0.25) is 4.90 Å². The fourth-order valence-electron chi connectivity index (χ4n) is 3.82. The minimum absolute atomic E-state index is 0.147. The lowest BCUT2D eigenvalue weighted by molar-refractivity contribution is 0.0266. The molecule has 0 spiro atoms. The molecular formula is C16H21Cl2NO2. The molecule has 3 nitrogen and oxygen atoms in total. The zero-order valence-corrected chi connectivity index (χ0v) is 13.4. The van der Waals surface area contributed by atoms with Crippen LogP contribution >= 0.6 is 23.2 Å². The summed E-state index contributed by atoms with van der Waals surface area (Å²) in [6, 6.07) is 6.31. The van der Waals surface area contributed by atoms with Crippen LogP contribution in [-0.4, -0.2) is 39.8 Å². The van der Waals surface area contributed by atoms with Crippen molar-refractivity contribution >= 4 is 23.2 Å². The monoisotopic (exact) mass is 329 g/mol. The van der Waals surface area contributed by atoms with E-state index in [-0.39, 0.29) is 6.10 Å². The lowest BCUT2D eigenvalue weighted by Gasteiger charge is -2.37. The Bertz CT molecular complexity index is 497. The molecule has 1 aromatic carbocycles. The maximum Gasteiger partial charge on any atom is 0.0817 e. The molecule has 3 atom stereocenters. The topological polar surface area (TPSA) is 43.7 Å².